The number of nitrogens with two attached hydrogens (primary N) is 1. The van der Waals surface area contributed by atoms with Gasteiger partial charge < -0.3 is 10.5 Å². The normalized spacial score (nSPS) is 10.4. The number of rotatable bonds is 6. The number of hydrogen-bond donors (Lipinski definition) is 1. The highest BCUT2D eigenvalue weighted by Gasteiger charge is 1.93. The van der Waals surface area contributed by atoms with Crippen LogP contribution in [-0.2, 0) is 17.9 Å². The molecule has 0 saturated heterocycles. The van der Waals surface area contributed by atoms with Crippen LogP contribution in [0.2, 0.25) is 0 Å². The summed E-state index contributed by atoms with van der Waals surface area (Å²) in [4.78, 5) is 0. The minimum atomic E-state index is 0.608. The van der Waals surface area contributed by atoms with Crippen molar-refractivity contribution in [3.63, 3.8) is 0 Å². The molecule has 0 spiro atoms. The fourth-order valence-electron chi connectivity index (χ4n) is 1.21. The van der Waals surface area contributed by atoms with Crippen LogP contribution >= 0.6 is 0 Å². The number of ether oxygens (including phenoxy) is 1. The van der Waals surface area contributed by atoms with Gasteiger partial charge in [0.2, 0.25) is 0 Å². The maximum atomic E-state index is 5.51. The van der Waals surface area contributed by atoms with Gasteiger partial charge in [-0.15, -0.1) is 0 Å². The highest BCUT2D eigenvalue weighted by Crippen LogP contribution is 2.05. The zero-order valence-electron chi connectivity index (χ0n) is 8.83. The fraction of sp³-hybridized carbons (Fsp3) is 0.500. The lowest BCUT2D eigenvalue weighted by atomic mass is 10.1. The Morgan fingerprint density at radius 1 is 1.14 bits per heavy atom. The van der Waals surface area contributed by atoms with Gasteiger partial charge in [-0.2, -0.15) is 0 Å². The molecule has 0 saturated carbocycles. The van der Waals surface area contributed by atoms with Gasteiger partial charge in [0.05, 0.1) is 6.61 Å². The summed E-state index contributed by atoms with van der Waals surface area (Å²) in [5, 5.41) is 0. The molecule has 14 heavy (non-hydrogen) atoms. The van der Waals surface area contributed by atoms with E-state index in [0.29, 0.717) is 13.2 Å². The van der Waals surface area contributed by atoms with E-state index in [0.717, 1.165) is 13.0 Å². The Morgan fingerprint density at radius 2 is 1.79 bits per heavy atom. The molecule has 2 N–H and O–H groups in total. The van der Waals surface area contributed by atoms with Crippen LogP contribution in [0.3, 0.4) is 0 Å². The molecule has 2 heteroatoms. The van der Waals surface area contributed by atoms with Gasteiger partial charge in [-0.1, -0.05) is 37.6 Å². The van der Waals surface area contributed by atoms with Crippen LogP contribution in [0.4, 0.5) is 0 Å². The Morgan fingerprint density at radius 3 is 2.36 bits per heavy atom. The van der Waals surface area contributed by atoms with Crippen LogP contribution in [0.1, 0.15) is 30.9 Å². The maximum Gasteiger partial charge on any atom is 0.0716 e. The second-order valence-electron chi connectivity index (χ2n) is 3.43. The standard InChI is InChI=1S/C12H19NO/c1-2-3-8-14-10-12-6-4-11(9-13)5-7-12/h4-7H,2-3,8-10,13H2,1H3. The Bertz CT molecular complexity index is 243. The van der Waals surface area contributed by atoms with Gasteiger partial charge in [-0.25, -0.2) is 0 Å². The van der Waals surface area contributed by atoms with Crippen LogP contribution < -0.4 is 5.73 Å². The number of unbranched alkanes of at least 4 members (excludes halogenated alkanes) is 1. The smallest absolute Gasteiger partial charge is 0.0716 e. The predicted octanol–water partition coefficient (Wildman–Crippen LogP) is 2.46. The molecular formula is C12H19NO. The molecular weight excluding hydrogens is 174 g/mol. The quantitative estimate of drug-likeness (QED) is 0.704. The minimum Gasteiger partial charge on any atom is -0.377 e. The van der Waals surface area contributed by atoms with Gasteiger partial charge in [0.25, 0.3) is 0 Å². The molecule has 0 heterocycles. The van der Waals surface area contributed by atoms with E-state index in [1.54, 1.807) is 0 Å². The summed E-state index contributed by atoms with van der Waals surface area (Å²) in [7, 11) is 0. The van der Waals surface area contributed by atoms with Crippen molar-refractivity contribution in [2.75, 3.05) is 6.61 Å². The summed E-state index contributed by atoms with van der Waals surface area (Å²) in [6.45, 7) is 4.34. The van der Waals surface area contributed by atoms with Crippen molar-refractivity contribution in [3.8, 4) is 0 Å². The van der Waals surface area contributed by atoms with Gasteiger partial charge in [0.15, 0.2) is 0 Å². The fourth-order valence-corrected chi connectivity index (χ4v) is 1.21. The Hall–Kier alpha value is -0.860. The lowest BCUT2D eigenvalue weighted by molar-refractivity contribution is 0.118. The van der Waals surface area contributed by atoms with Crippen molar-refractivity contribution in [3.05, 3.63) is 35.4 Å². The molecule has 0 radical (unpaired) electrons. The van der Waals surface area contributed by atoms with E-state index in [9.17, 15) is 0 Å². The van der Waals surface area contributed by atoms with E-state index in [1.807, 2.05) is 0 Å². The molecule has 0 bridgehead atoms. The molecule has 1 aromatic carbocycles. The van der Waals surface area contributed by atoms with Crippen molar-refractivity contribution in [1.82, 2.24) is 0 Å². The molecule has 0 atom stereocenters. The monoisotopic (exact) mass is 193 g/mol. The minimum absolute atomic E-state index is 0.608. The summed E-state index contributed by atoms with van der Waals surface area (Å²) in [6, 6.07) is 8.26. The van der Waals surface area contributed by atoms with E-state index in [2.05, 4.69) is 31.2 Å². The molecule has 0 aliphatic carbocycles. The summed E-state index contributed by atoms with van der Waals surface area (Å²) < 4.78 is 5.50. The lowest BCUT2D eigenvalue weighted by Gasteiger charge is -2.04. The van der Waals surface area contributed by atoms with E-state index in [4.69, 9.17) is 10.5 Å². The average Bonchev–Trinajstić information content (AvgIpc) is 2.25. The Kier molecular flexibility index (Phi) is 5.27. The number of benzene rings is 1. The topological polar surface area (TPSA) is 35.2 Å². The van der Waals surface area contributed by atoms with Crippen molar-refractivity contribution < 1.29 is 4.74 Å². The second-order valence-corrected chi connectivity index (χ2v) is 3.43. The average molecular weight is 193 g/mol. The first-order chi connectivity index (χ1) is 6.86. The molecule has 0 fully saturated rings. The van der Waals surface area contributed by atoms with E-state index < -0.39 is 0 Å². The van der Waals surface area contributed by atoms with Crippen molar-refractivity contribution in [1.29, 1.82) is 0 Å². The van der Waals surface area contributed by atoms with Gasteiger partial charge in [0.1, 0.15) is 0 Å². The molecule has 78 valence electrons. The zero-order valence-corrected chi connectivity index (χ0v) is 8.83. The van der Waals surface area contributed by atoms with Gasteiger partial charge >= 0.3 is 0 Å². The maximum absolute atomic E-state index is 5.51. The second kappa shape index (κ2) is 6.57. The molecule has 2 nitrogen and oxygen atoms in total. The molecule has 0 aliphatic rings. The summed E-state index contributed by atoms with van der Waals surface area (Å²) in [5.74, 6) is 0. The van der Waals surface area contributed by atoms with E-state index >= 15 is 0 Å². The lowest BCUT2D eigenvalue weighted by Crippen LogP contribution is -1.98. The van der Waals surface area contributed by atoms with Gasteiger partial charge in [-0.05, 0) is 17.5 Å². The molecule has 0 aliphatic heterocycles. The Balaban J connectivity index is 2.29. The largest absolute Gasteiger partial charge is 0.377 e. The van der Waals surface area contributed by atoms with Crippen molar-refractivity contribution >= 4 is 0 Å². The molecule has 1 aromatic rings. The van der Waals surface area contributed by atoms with Crippen molar-refractivity contribution in [2.24, 2.45) is 5.73 Å². The molecule has 0 amide bonds. The summed E-state index contributed by atoms with van der Waals surface area (Å²) in [5.41, 5.74) is 7.90. The van der Waals surface area contributed by atoms with E-state index in [-0.39, 0.29) is 0 Å². The van der Waals surface area contributed by atoms with Crippen LogP contribution in [0, 0.1) is 0 Å². The van der Waals surface area contributed by atoms with Crippen LogP contribution in [-0.4, -0.2) is 6.61 Å². The molecule has 0 unspecified atom stereocenters. The van der Waals surface area contributed by atoms with Crippen molar-refractivity contribution in [2.45, 2.75) is 32.9 Å². The first-order valence-corrected chi connectivity index (χ1v) is 5.22. The van der Waals surface area contributed by atoms with Crippen LogP contribution in [0.5, 0.6) is 0 Å². The number of hydrogen-bond acceptors (Lipinski definition) is 2. The predicted molar refractivity (Wildman–Crippen MR) is 58.9 cm³/mol. The zero-order chi connectivity index (χ0) is 10.2. The highest BCUT2D eigenvalue weighted by atomic mass is 16.5. The third kappa shape index (κ3) is 3.90. The molecule has 0 aromatic heterocycles. The van der Waals surface area contributed by atoms with Gasteiger partial charge in [-0.3, -0.25) is 0 Å². The van der Waals surface area contributed by atoms with E-state index in [1.165, 1.54) is 17.5 Å². The van der Waals surface area contributed by atoms with Crippen LogP contribution in [0.15, 0.2) is 24.3 Å². The Labute approximate surface area is 86.1 Å². The highest BCUT2D eigenvalue weighted by molar-refractivity contribution is 5.21. The summed E-state index contributed by atoms with van der Waals surface area (Å²) >= 11 is 0. The van der Waals surface area contributed by atoms with Crippen LogP contribution in [0.25, 0.3) is 0 Å². The first kappa shape index (κ1) is 11.2. The summed E-state index contributed by atoms with van der Waals surface area (Å²) in [6.07, 6.45) is 2.33. The third-order valence-electron chi connectivity index (χ3n) is 2.17. The SMILES string of the molecule is CCCCOCc1ccc(CN)cc1. The molecule has 1 rings (SSSR count). The first-order valence-electron chi connectivity index (χ1n) is 5.22. The third-order valence-corrected chi connectivity index (χ3v) is 2.17. The van der Waals surface area contributed by atoms with Gasteiger partial charge in [0, 0.05) is 13.2 Å².